The molecule has 1 amide bonds. The summed E-state index contributed by atoms with van der Waals surface area (Å²) >= 11 is 3.36. The number of halogens is 1. The van der Waals surface area contributed by atoms with E-state index in [1.807, 2.05) is 11.0 Å². The van der Waals surface area contributed by atoms with Crippen molar-refractivity contribution < 1.29 is 9.53 Å². The molecule has 1 aliphatic rings. The van der Waals surface area contributed by atoms with E-state index in [4.69, 9.17) is 4.74 Å². The van der Waals surface area contributed by atoms with Crippen LogP contribution in [0.15, 0.2) is 16.7 Å². The van der Waals surface area contributed by atoms with E-state index in [9.17, 15) is 4.79 Å². The molecular weight excluding hydrogens is 284 g/mol. The van der Waals surface area contributed by atoms with Crippen molar-refractivity contribution in [2.24, 2.45) is 0 Å². The molecule has 0 bridgehead atoms. The van der Waals surface area contributed by atoms with Crippen LogP contribution in [0.5, 0.6) is 5.88 Å². The summed E-state index contributed by atoms with van der Waals surface area (Å²) in [5.41, 5.74) is 0.832. The third kappa shape index (κ3) is 2.97. The molecule has 4 nitrogen and oxygen atoms in total. The van der Waals surface area contributed by atoms with Crippen LogP contribution >= 0.6 is 15.9 Å². The Labute approximate surface area is 109 Å². The highest BCUT2D eigenvalue weighted by Crippen LogP contribution is 2.21. The molecule has 1 aromatic rings. The molecule has 17 heavy (non-hydrogen) atoms. The number of likely N-dealkylation sites (tertiary alicyclic amines) is 1. The van der Waals surface area contributed by atoms with Gasteiger partial charge in [0.15, 0.2) is 0 Å². The molecule has 1 aromatic heterocycles. The van der Waals surface area contributed by atoms with Crippen molar-refractivity contribution >= 4 is 21.8 Å². The van der Waals surface area contributed by atoms with Gasteiger partial charge in [0.1, 0.15) is 0 Å². The van der Waals surface area contributed by atoms with Crippen LogP contribution in [-0.2, 0) is 11.2 Å². The van der Waals surface area contributed by atoms with Crippen LogP contribution in [0.25, 0.3) is 0 Å². The minimum atomic E-state index is 0.153. The Balaban J connectivity index is 2.11. The summed E-state index contributed by atoms with van der Waals surface area (Å²) in [4.78, 5) is 18.1. The van der Waals surface area contributed by atoms with Gasteiger partial charge in [-0.15, -0.1) is 0 Å². The van der Waals surface area contributed by atoms with E-state index in [2.05, 4.69) is 20.9 Å². The first-order valence-electron chi connectivity index (χ1n) is 5.67. The van der Waals surface area contributed by atoms with Crippen LogP contribution in [-0.4, -0.2) is 36.0 Å². The summed E-state index contributed by atoms with van der Waals surface area (Å²) in [5.74, 6) is 0.682. The third-order valence-electron chi connectivity index (χ3n) is 2.89. The average molecular weight is 299 g/mol. The summed E-state index contributed by atoms with van der Waals surface area (Å²) in [6, 6.07) is 1.89. The van der Waals surface area contributed by atoms with E-state index in [1.165, 1.54) is 0 Å². The van der Waals surface area contributed by atoms with Gasteiger partial charge in [0.2, 0.25) is 11.8 Å². The third-order valence-corrected chi connectivity index (χ3v) is 3.32. The van der Waals surface area contributed by atoms with Crippen LogP contribution in [0.1, 0.15) is 18.4 Å². The monoisotopic (exact) mass is 298 g/mol. The molecule has 5 heteroatoms. The summed E-state index contributed by atoms with van der Waals surface area (Å²) in [6.07, 6.45) is 4.25. The average Bonchev–Trinajstić information content (AvgIpc) is 2.83. The maximum absolute atomic E-state index is 12.0. The normalized spacial score (nSPS) is 15.1. The molecule has 2 rings (SSSR count). The van der Waals surface area contributed by atoms with Gasteiger partial charge in [-0.25, -0.2) is 4.98 Å². The van der Waals surface area contributed by atoms with Crippen molar-refractivity contribution in [3.05, 3.63) is 22.3 Å². The maximum Gasteiger partial charge on any atom is 0.227 e. The highest BCUT2D eigenvalue weighted by Gasteiger charge is 2.19. The molecule has 0 aromatic carbocycles. The minimum Gasteiger partial charge on any atom is -0.481 e. The van der Waals surface area contributed by atoms with Crippen LogP contribution in [0, 0.1) is 0 Å². The first-order chi connectivity index (χ1) is 8.20. The molecular formula is C12H15BrN2O2. The lowest BCUT2D eigenvalue weighted by atomic mass is 10.2. The zero-order valence-corrected chi connectivity index (χ0v) is 11.4. The van der Waals surface area contributed by atoms with E-state index in [0.29, 0.717) is 12.3 Å². The lowest BCUT2D eigenvalue weighted by molar-refractivity contribution is -0.129. The van der Waals surface area contributed by atoms with Crippen LogP contribution in [0.2, 0.25) is 0 Å². The van der Waals surface area contributed by atoms with Crippen molar-refractivity contribution in [2.45, 2.75) is 19.3 Å². The second-order valence-corrected chi connectivity index (χ2v) is 5.00. The highest BCUT2D eigenvalue weighted by molar-refractivity contribution is 9.10. The van der Waals surface area contributed by atoms with Gasteiger partial charge in [0, 0.05) is 29.3 Å². The maximum atomic E-state index is 12.0. The van der Waals surface area contributed by atoms with Crippen molar-refractivity contribution in [3.63, 3.8) is 0 Å². The number of carbonyl (C=O) groups excluding carboxylic acids is 1. The molecule has 0 aliphatic carbocycles. The van der Waals surface area contributed by atoms with Crippen molar-refractivity contribution in [1.29, 1.82) is 0 Å². The predicted molar refractivity (Wildman–Crippen MR) is 68.0 cm³/mol. The highest BCUT2D eigenvalue weighted by atomic mass is 79.9. The van der Waals surface area contributed by atoms with E-state index >= 15 is 0 Å². The number of aromatic nitrogens is 1. The first kappa shape index (κ1) is 12.4. The Morgan fingerprint density at radius 1 is 1.53 bits per heavy atom. The summed E-state index contributed by atoms with van der Waals surface area (Å²) < 4.78 is 6.02. The number of methoxy groups -OCH3 is 1. The van der Waals surface area contributed by atoms with Gasteiger partial charge >= 0.3 is 0 Å². The molecule has 2 heterocycles. The molecule has 0 N–H and O–H groups in total. The summed E-state index contributed by atoms with van der Waals surface area (Å²) in [7, 11) is 1.57. The standard InChI is InChI=1S/C12H15BrN2O2/c1-17-12-9(6-10(13)8-14-12)7-11(16)15-4-2-3-5-15/h6,8H,2-5,7H2,1H3. The lowest BCUT2D eigenvalue weighted by Crippen LogP contribution is -2.29. The Kier molecular flexibility index (Phi) is 3.99. The van der Waals surface area contributed by atoms with Gasteiger partial charge < -0.3 is 9.64 Å². The van der Waals surface area contributed by atoms with E-state index < -0.39 is 0 Å². The second kappa shape index (κ2) is 5.49. The number of carbonyl (C=O) groups is 1. The van der Waals surface area contributed by atoms with Gasteiger partial charge in [-0.05, 0) is 34.8 Å². The van der Waals surface area contributed by atoms with Crippen LogP contribution < -0.4 is 4.74 Å². The Bertz CT molecular complexity index is 417. The van der Waals surface area contributed by atoms with Gasteiger partial charge in [0.05, 0.1) is 13.5 Å². The quantitative estimate of drug-likeness (QED) is 0.857. The smallest absolute Gasteiger partial charge is 0.227 e. The topological polar surface area (TPSA) is 42.4 Å². The molecule has 1 saturated heterocycles. The SMILES string of the molecule is COc1ncc(Br)cc1CC(=O)N1CCCC1. The summed E-state index contributed by atoms with van der Waals surface area (Å²) in [6.45, 7) is 1.76. The second-order valence-electron chi connectivity index (χ2n) is 4.09. The molecule has 0 unspecified atom stereocenters. The molecule has 92 valence electrons. The largest absolute Gasteiger partial charge is 0.481 e. The zero-order valence-electron chi connectivity index (χ0n) is 9.78. The van der Waals surface area contributed by atoms with Gasteiger partial charge in [-0.3, -0.25) is 4.79 Å². The van der Waals surface area contributed by atoms with Crippen molar-refractivity contribution in [1.82, 2.24) is 9.88 Å². The number of nitrogens with zero attached hydrogens (tertiary/aromatic N) is 2. The molecule has 0 atom stereocenters. The molecule has 0 saturated carbocycles. The van der Waals surface area contributed by atoms with Crippen molar-refractivity contribution in [3.8, 4) is 5.88 Å². The number of amides is 1. The number of hydrogen-bond donors (Lipinski definition) is 0. The van der Waals surface area contributed by atoms with E-state index in [-0.39, 0.29) is 5.91 Å². The Morgan fingerprint density at radius 3 is 2.88 bits per heavy atom. The predicted octanol–water partition coefficient (Wildman–Crippen LogP) is 2.02. The lowest BCUT2D eigenvalue weighted by Gasteiger charge is -2.16. The Morgan fingerprint density at radius 2 is 2.24 bits per heavy atom. The first-order valence-corrected chi connectivity index (χ1v) is 6.46. The zero-order chi connectivity index (χ0) is 12.3. The molecule has 0 radical (unpaired) electrons. The summed E-state index contributed by atoms with van der Waals surface area (Å²) in [5, 5.41) is 0. The van der Waals surface area contributed by atoms with E-state index in [0.717, 1.165) is 36.0 Å². The number of ether oxygens (including phenoxy) is 1. The van der Waals surface area contributed by atoms with Gasteiger partial charge in [0.25, 0.3) is 0 Å². The van der Waals surface area contributed by atoms with Crippen molar-refractivity contribution in [2.75, 3.05) is 20.2 Å². The molecule has 0 spiro atoms. The fraction of sp³-hybridized carbons (Fsp3) is 0.500. The molecule has 1 aliphatic heterocycles. The Hall–Kier alpha value is -1.10. The fourth-order valence-electron chi connectivity index (χ4n) is 2.02. The van der Waals surface area contributed by atoms with Gasteiger partial charge in [-0.2, -0.15) is 0 Å². The number of hydrogen-bond acceptors (Lipinski definition) is 3. The van der Waals surface area contributed by atoms with Gasteiger partial charge in [-0.1, -0.05) is 0 Å². The number of rotatable bonds is 3. The number of pyridine rings is 1. The van der Waals surface area contributed by atoms with Crippen LogP contribution in [0.3, 0.4) is 0 Å². The van der Waals surface area contributed by atoms with Crippen LogP contribution in [0.4, 0.5) is 0 Å². The molecule has 1 fully saturated rings. The fourth-order valence-corrected chi connectivity index (χ4v) is 2.40. The minimum absolute atomic E-state index is 0.153. The van der Waals surface area contributed by atoms with E-state index in [1.54, 1.807) is 13.3 Å².